The predicted octanol–water partition coefficient (Wildman–Crippen LogP) is 1.38. The van der Waals surface area contributed by atoms with Gasteiger partial charge in [-0.1, -0.05) is 11.8 Å². The molecule has 1 aromatic heterocycles. The van der Waals surface area contributed by atoms with Crippen LogP contribution in [0.1, 0.15) is 24.8 Å². The Hall–Kier alpha value is -0.820. The fraction of sp³-hybridized carbons (Fsp3) is 0.455. The maximum atomic E-state index is 9.53. The summed E-state index contributed by atoms with van der Waals surface area (Å²) in [6, 6.07) is 1.91. The molecule has 0 radical (unpaired) electrons. The molecule has 74 valence electrons. The van der Waals surface area contributed by atoms with Crippen LogP contribution in [0.25, 0.3) is 0 Å². The van der Waals surface area contributed by atoms with E-state index in [-0.39, 0.29) is 0 Å². The summed E-state index contributed by atoms with van der Waals surface area (Å²) in [7, 11) is 0. The molecule has 0 saturated heterocycles. The second-order valence-corrected chi connectivity index (χ2v) is 4.51. The smallest absolute Gasteiger partial charge is 0.117 e. The first-order valence-electron chi connectivity index (χ1n) is 4.62. The zero-order chi connectivity index (χ0) is 10.0. The highest BCUT2D eigenvalue weighted by atomic mass is 32.1. The van der Waals surface area contributed by atoms with Crippen molar-refractivity contribution in [2.45, 2.75) is 31.0 Å². The van der Waals surface area contributed by atoms with Crippen LogP contribution in [0.2, 0.25) is 0 Å². The summed E-state index contributed by atoms with van der Waals surface area (Å²) in [6.07, 6.45) is 1.26. The third-order valence-corrected chi connectivity index (χ3v) is 2.99. The molecule has 0 bridgehead atoms. The summed E-state index contributed by atoms with van der Waals surface area (Å²) < 4.78 is 0. The van der Waals surface area contributed by atoms with Gasteiger partial charge in [0.15, 0.2) is 0 Å². The van der Waals surface area contributed by atoms with Gasteiger partial charge in [0.05, 0.1) is 5.60 Å². The molecule has 2 N–H and O–H groups in total. The van der Waals surface area contributed by atoms with E-state index in [0.29, 0.717) is 6.42 Å². The van der Waals surface area contributed by atoms with Gasteiger partial charge in [0, 0.05) is 17.4 Å². The van der Waals surface area contributed by atoms with Crippen molar-refractivity contribution in [3.8, 4) is 11.8 Å². The van der Waals surface area contributed by atoms with Crippen molar-refractivity contribution in [3.05, 3.63) is 22.4 Å². The molecule has 0 aromatic carbocycles. The summed E-state index contributed by atoms with van der Waals surface area (Å²) in [5, 5.41) is 22.9. The summed E-state index contributed by atoms with van der Waals surface area (Å²) in [4.78, 5) is 0. The quantitative estimate of drug-likeness (QED) is 0.721. The van der Waals surface area contributed by atoms with Gasteiger partial charge in [0.2, 0.25) is 0 Å². The lowest BCUT2D eigenvalue weighted by atomic mass is 10.1. The van der Waals surface area contributed by atoms with Gasteiger partial charge >= 0.3 is 0 Å². The Balaban J connectivity index is 1.90. The monoisotopic (exact) mass is 208 g/mol. The van der Waals surface area contributed by atoms with Crippen molar-refractivity contribution in [2.75, 3.05) is 0 Å². The Morgan fingerprint density at radius 2 is 2.36 bits per heavy atom. The van der Waals surface area contributed by atoms with Gasteiger partial charge in [-0.3, -0.25) is 0 Å². The second-order valence-electron chi connectivity index (χ2n) is 3.73. The van der Waals surface area contributed by atoms with Crippen molar-refractivity contribution in [1.29, 1.82) is 0 Å². The first kappa shape index (κ1) is 9.72. The third kappa shape index (κ3) is 2.58. The van der Waals surface area contributed by atoms with Crippen LogP contribution in [0.4, 0.5) is 0 Å². The van der Waals surface area contributed by atoms with Crippen LogP contribution in [0, 0.1) is 11.8 Å². The van der Waals surface area contributed by atoms with Gasteiger partial charge in [-0.25, -0.2) is 0 Å². The van der Waals surface area contributed by atoms with Gasteiger partial charge < -0.3 is 10.2 Å². The highest BCUT2D eigenvalue weighted by molar-refractivity contribution is 7.08. The van der Waals surface area contributed by atoms with Crippen molar-refractivity contribution in [1.82, 2.24) is 0 Å². The molecule has 1 heterocycles. The molecular weight excluding hydrogens is 196 g/mol. The maximum absolute atomic E-state index is 9.53. The molecule has 0 spiro atoms. The van der Waals surface area contributed by atoms with E-state index in [1.54, 1.807) is 11.3 Å². The van der Waals surface area contributed by atoms with Gasteiger partial charge in [-0.05, 0) is 24.3 Å². The first-order valence-corrected chi connectivity index (χ1v) is 5.56. The largest absolute Gasteiger partial charge is 0.390 e. The summed E-state index contributed by atoms with van der Waals surface area (Å²) >= 11 is 1.58. The fourth-order valence-corrected chi connectivity index (χ4v) is 1.85. The molecule has 1 aliphatic carbocycles. The van der Waals surface area contributed by atoms with Crippen molar-refractivity contribution >= 4 is 11.3 Å². The lowest BCUT2D eigenvalue weighted by molar-refractivity contribution is 0.0891. The molecule has 2 nitrogen and oxygen atoms in total. The Labute approximate surface area is 87.2 Å². The number of aliphatic hydroxyl groups excluding tert-OH is 1. The fourth-order valence-electron chi connectivity index (χ4n) is 1.26. The lowest BCUT2D eigenvalue weighted by Gasteiger charge is -2.07. The van der Waals surface area contributed by atoms with Gasteiger partial charge in [0.1, 0.15) is 6.10 Å². The molecule has 1 unspecified atom stereocenters. The first-order chi connectivity index (χ1) is 6.68. The molecule has 1 atom stereocenters. The minimum atomic E-state index is -0.706. The normalized spacial score (nSPS) is 19.6. The Morgan fingerprint density at radius 1 is 1.57 bits per heavy atom. The van der Waals surface area contributed by atoms with E-state index in [9.17, 15) is 10.2 Å². The predicted molar refractivity (Wildman–Crippen MR) is 56.0 cm³/mol. The zero-order valence-electron chi connectivity index (χ0n) is 7.73. The van der Waals surface area contributed by atoms with E-state index in [2.05, 4.69) is 11.8 Å². The van der Waals surface area contributed by atoms with E-state index in [1.165, 1.54) is 0 Å². The Kier molecular flexibility index (Phi) is 2.60. The molecule has 14 heavy (non-hydrogen) atoms. The SMILES string of the molecule is OC(C#Cc1ccsc1)CC1(O)CC1. The average Bonchev–Trinajstić information content (AvgIpc) is 2.70. The second kappa shape index (κ2) is 3.74. The summed E-state index contributed by atoms with van der Waals surface area (Å²) in [5.41, 5.74) is 0.305. The van der Waals surface area contributed by atoms with Crippen LogP contribution in [-0.2, 0) is 0 Å². The summed E-state index contributed by atoms with van der Waals surface area (Å²) in [6.45, 7) is 0. The van der Waals surface area contributed by atoms with Gasteiger partial charge in [-0.2, -0.15) is 11.3 Å². The molecule has 2 rings (SSSR count). The van der Waals surface area contributed by atoms with E-state index in [4.69, 9.17) is 0 Å². The van der Waals surface area contributed by atoms with Crippen LogP contribution in [0.3, 0.4) is 0 Å². The molecule has 0 aliphatic heterocycles. The van der Waals surface area contributed by atoms with Gasteiger partial charge in [0.25, 0.3) is 0 Å². The van der Waals surface area contributed by atoms with Crippen molar-refractivity contribution < 1.29 is 10.2 Å². The average molecular weight is 208 g/mol. The number of hydrogen-bond acceptors (Lipinski definition) is 3. The molecule has 1 aromatic rings. The van der Waals surface area contributed by atoms with E-state index < -0.39 is 11.7 Å². The highest BCUT2D eigenvalue weighted by Crippen LogP contribution is 2.39. The standard InChI is InChI=1S/C11H12O2S/c12-10(7-11(13)4-5-11)2-1-9-3-6-14-8-9/h3,6,8,10,12-13H,4-5,7H2. The summed E-state index contributed by atoms with van der Waals surface area (Å²) in [5.74, 6) is 5.61. The maximum Gasteiger partial charge on any atom is 0.117 e. The Bertz CT molecular complexity index is 354. The molecule has 3 heteroatoms. The van der Waals surface area contributed by atoms with E-state index in [1.807, 2.05) is 16.8 Å². The van der Waals surface area contributed by atoms with Crippen molar-refractivity contribution in [2.24, 2.45) is 0 Å². The van der Waals surface area contributed by atoms with Gasteiger partial charge in [-0.15, -0.1) is 0 Å². The number of aliphatic hydroxyl groups is 2. The zero-order valence-corrected chi connectivity index (χ0v) is 8.55. The van der Waals surface area contributed by atoms with E-state index >= 15 is 0 Å². The third-order valence-electron chi connectivity index (χ3n) is 2.30. The van der Waals surface area contributed by atoms with Crippen LogP contribution < -0.4 is 0 Å². The number of thiophene rings is 1. The van der Waals surface area contributed by atoms with Crippen LogP contribution in [-0.4, -0.2) is 21.9 Å². The molecule has 1 aliphatic rings. The molecule has 0 amide bonds. The lowest BCUT2D eigenvalue weighted by Crippen LogP contribution is -2.16. The minimum Gasteiger partial charge on any atom is -0.390 e. The topological polar surface area (TPSA) is 40.5 Å². The van der Waals surface area contributed by atoms with Crippen LogP contribution >= 0.6 is 11.3 Å². The van der Waals surface area contributed by atoms with Crippen molar-refractivity contribution in [3.63, 3.8) is 0 Å². The Morgan fingerprint density at radius 3 is 2.93 bits per heavy atom. The van der Waals surface area contributed by atoms with Crippen LogP contribution in [0.15, 0.2) is 16.8 Å². The number of rotatable bonds is 2. The molecule has 1 saturated carbocycles. The minimum absolute atomic E-state index is 0.379. The van der Waals surface area contributed by atoms with Crippen LogP contribution in [0.5, 0.6) is 0 Å². The number of hydrogen-bond donors (Lipinski definition) is 2. The van der Waals surface area contributed by atoms with E-state index in [0.717, 1.165) is 18.4 Å². The molecule has 1 fully saturated rings. The highest BCUT2D eigenvalue weighted by Gasteiger charge is 2.41. The molecular formula is C11H12O2S.